The first-order valence-electron chi connectivity index (χ1n) is 6.61. The van der Waals surface area contributed by atoms with E-state index in [4.69, 9.17) is 5.11 Å². The number of phenols is 1. The highest BCUT2D eigenvalue weighted by molar-refractivity contribution is 8.77. The predicted molar refractivity (Wildman–Crippen MR) is 83.7 cm³/mol. The molecule has 0 saturated carbocycles. The van der Waals surface area contributed by atoms with Gasteiger partial charge in [0.25, 0.3) is 0 Å². The maximum absolute atomic E-state index is 11.7. The summed E-state index contributed by atoms with van der Waals surface area (Å²) in [4.78, 5) is 11.7. The molecule has 19 heavy (non-hydrogen) atoms. The molecule has 1 aromatic rings. The van der Waals surface area contributed by atoms with Crippen molar-refractivity contribution < 1.29 is 9.90 Å². The minimum atomic E-state index is 0.0548. The Balaban J connectivity index is 1.60. The summed E-state index contributed by atoms with van der Waals surface area (Å²) >= 11 is 0. The van der Waals surface area contributed by atoms with Crippen molar-refractivity contribution >= 4 is 33.2 Å². The highest BCUT2D eigenvalue weighted by Gasteiger charge is 2.15. The van der Waals surface area contributed by atoms with Crippen LogP contribution in [0.4, 0.5) is 5.69 Å². The average molecular weight is 297 g/mol. The molecule has 1 aliphatic rings. The van der Waals surface area contributed by atoms with E-state index in [0.29, 0.717) is 6.42 Å². The van der Waals surface area contributed by atoms with Gasteiger partial charge in [0.15, 0.2) is 0 Å². The number of phenolic OH excluding ortho intramolecular Hbond substituents is 1. The second-order valence-corrected chi connectivity index (χ2v) is 7.46. The fourth-order valence-electron chi connectivity index (χ4n) is 1.99. The van der Waals surface area contributed by atoms with Gasteiger partial charge in [0, 0.05) is 23.1 Å². The molecule has 1 aromatic carbocycles. The zero-order chi connectivity index (χ0) is 13.5. The van der Waals surface area contributed by atoms with Gasteiger partial charge in [-0.05, 0) is 43.5 Å². The Hall–Kier alpha value is -0.810. The largest absolute Gasteiger partial charge is 0.508 e. The van der Waals surface area contributed by atoms with E-state index in [2.05, 4.69) is 5.32 Å². The van der Waals surface area contributed by atoms with Crippen molar-refractivity contribution in [3.63, 3.8) is 0 Å². The van der Waals surface area contributed by atoms with E-state index in [1.807, 2.05) is 21.6 Å². The number of amides is 1. The van der Waals surface area contributed by atoms with E-state index in [-0.39, 0.29) is 11.7 Å². The van der Waals surface area contributed by atoms with E-state index < -0.39 is 0 Å². The minimum absolute atomic E-state index is 0.0548. The van der Waals surface area contributed by atoms with Crippen LogP contribution in [0.25, 0.3) is 0 Å². The van der Waals surface area contributed by atoms with Crippen molar-refractivity contribution in [3.05, 3.63) is 24.3 Å². The quantitative estimate of drug-likeness (QED) is 0.472. The number of unbranched alkanes of at least 4 members (excludes halogenated alkanes) is 1. The fraction of sp³-hybridized carbons (Fsp3) is 0.500. The summed E-state index contributed by atoms with van der Waals surface area (Å²) in [7, 11) is 3.96. The first kappa shape index (κ1) is 14.6. The summed E-state index contributed by atoms with van der Waals surface area (Å²) in [5.41, 5.74) is 0.741. The Morgan fingerprint density at radius 2 is 2.11 bits per heavy atom. The van der Waals surface area contributed by atoms with Gasteiger partial charge in [-0.3, -0.25) is 4.79 Å². The summed E-state index contributed by atoms with van der Waals surface area (Å²) in [5, 5.41) is 12.8. The van der Waals surface area contributed by atoms with Crippen LogP contribution in [0.5, 0.6) is 5.75 Å². The Morgan fingerprint density at radius 3 is 2.79 bits per heavy atom. The predicted octanol–water partition coefficient (Wildman–Crippen LogP) is 4.04. The second kappa shape index (κ2) is 7.70. The van der Waals surface area contributed by atoms with Crippen LogP contribution in [-0.4, -0.2) is 22.0 Å². The molecule has 0 unspecified atom stereocenters. The van der Waals surface area contributed by atoms with Gasteiger partial charge in [0.1, 0.15) is 5.75 Å². The maximum atomic E-state index is 11.7. The monoisotopic (exact) mass is 297 g/mol. The number of nitrogens with one attached hydrogen (secondary N) is 1. The normalized spacial score (nSPS) is 18.4. The lowest BCUT2D eigenvalue weighted by atomic mass is 10.1. The van der Waals surface area contributed by atoms with Crippen LogP contribution in [-0.2, 0) is 4.79 Å². The third kappa shape index (κ3) is 5.37. The fourth-order valence-corrected chi connectivity index (χ4v) is 5.02. The number of carbonyl (C=O) groups is 1. The molecule has 0 aliphatic carbocycles. The van der Waals surface area contributed by atoms with Crippen molar-refractivity contribution in [2.24, 2.45) is 0 Å². The van der Waals surface area contributed by atoms with Gasteiger partial charge in [-0.2, -0.15) is 0 Å². The molecule has 0 bridgehead atoms. The molecule has 3 nitrogen and oxygen atoms in total. The summed E-state index contributed by atoms with van der Waals surface area (Å²) in [6.45, 7) is 0. The van der Waals surface area contributed by atoms with Gasteiger partial charge in [-0.25, -0.2) is 0 Å². The van der Waals surface area contributed by atoms with Crippen molar-refractivity contribution in [1.29, 1.82) is 0 Å². The average Bonchev–Trinajstić information content (AvgIpc) is 2.91. The zero-order valence-corrected chi connectivity index (χ0v) is 12.4. The summed E-state index contributed by atoms with van der Waals surface area (Å²) < 4.78 is 0. The number of hydrogen-bond acceptors (Lipinski definition) is 4. The van der Waals surface area contributed by atoms with Crippen molar-refractivity contribution in [2.45, 2.75) is 37.4 Å². The Labute approximate surface area is 121 Å². The summed E-state index contributed by atoms with van der Waals surface area (Å²) in [5.74, 6) is 1.54. The zero-order valence-electron chi connectivity index (χ0n) is 10.8. The molecule has 1 saturated heterocycles. The molecule has 0 radical (unpaired) electrons. The number of benzene rings is 1. The molecular formula is C14H19NO2S2. The SMILES string of the molecule is O=C(CCCC[C@@H]1CCSS1)Nc1ccc(O)cc1. The van der Waals surface area contributed by atoms with Crippen LogP contribution < -0.4 is 5.32 Å². The maximum Gasteiger partial charge on any atom is 0.224 e. The minimum Gasteiger partial charge on any atom is -0.508 e. The van der Waals surface area contributed by atoms with E-state index in [0.717, 1.165) is 23.8 Å². The van der Waals surface area contributed by atoms with E-state index in [9.17, 15) is 4.79 Å². The molecule has 1 heterocycles. The Kier molecular flexibility index (Phi) is 5.92. The van der Waals surface area contributed by atoms with Crippen molar-refractivity contribution in [1.82, 2.24) is 0 Å². The van der Waals surface area contributed by atoms with Gasteiger partial charge in [-0.15, -0.1) is 0 Å². The van der Waals surface area contributed by atoms with Crippen LogP contribution >= 0.6 is 21.6 Å². The van der Waals surface area contributed by atoms with E-state index in [1.54, 1.807) is 24.3 Å². The number of rotatable bonds is 6. The molecule has 0 aromatic heterocycles. The molecule has 1 atom stereocenters. The number of hydrogen-bond donors (Lipinski definition) is 2. The van der Waals surface area contributed by atoms with E-state index >= 15 is 0 Å². The Bertz CT molecular complexity index is 402. The number of aromatic hydroxyl groups is 1. The van der Waals surface area contributed by atoms with E-state index in [1.165, 1.54) is 18.6 Å². The summed E-state index contributed by atoms with van der Waals surface area (Å²) in [6.07, 6.45) is 5.19. The molecule has 1 aliphatic heterocycles. The molecule has 2 rings (SSSR count). The van der Waals surface area contributed by atoms with Crippen LogP contribution in [0.15, 0.2) is 24.3 Å². The lowest BCUT2D eigenvalue weighted by Crippen LogP contribution is -2.11. The molecular weight excluding hydrogens is 278 g/mol. The molecule has 2 N–H and O–H groups in total. The second-order valence-electron chi connectivity index (χ2n) is 4.67. The summed E-state index contributed by atoms with van der Waals surface area (Å²) in [6, 6.07) is 6.56. The van der Waals surface area contributed by atoms with Crippen LogP contribution in [0.2, 0.25) is 0 Å². The van der Waals surface area contributed by atoms with Gasteiger partial charge in [-0.1, -0.05) is 28.0 Å². The molecule has 0 spiro atoms. The molecule has 1 amide bonds. The third-order valence-electron chi connectivity index (χ3n) is 3.06. The number of anilines is 1. The van der Waals surface area contributed by atoms with Crippen LogP contribution in [0.1, 0.15) is 32.1 Å². The van der Waals surface area contributed by atoms with Crippen LogP contribution in [0.3, 0.4) is 0 Å². The lowest BCUT2D eigenvalue weighted by Gasteiger charge is -2.07. The highest BCUT2D eigenvalue weighted by atomic mass is 33.1. The first-order chi connectivity index (χ1) is 9.24. The smallest absolute Gasteiger partial charge is 0.224 e. The topological polar surface area (TPSA) is 49.3 Å². The van der Waals surface area contributed by atoms with Gasteiger partial charge in [0.05, 0.1) is 0 Å². The number of carbonyl (C=O) groups excluding carboxylic acids is 1. The molecule has 104 valence electrons. The van der Waals surface area contributed by atoms with Gasteiger partial charge >= 0.3 is 0 Å². The molecule has 1 fully saturated rings. The first-order valence-corrected chi connectivity index (χ1v) is 8.99. The third-order valence-corrected chi connectivity index (χ3v) is 6.07. The van der Waals surface area contributed by atoms with Crippen molar-refractivity contribution in [3.8, 4) is 5.75 Å². The van der Waals surface area contributed by atoms with Gasteiger partial charge in [0.2, 0.25) is 5.91 Å². The Morgan fingerprint density at radius 1 is 1.32 bits per heavy atom. The molecule has 5 heteroatoms. The van der Waals surface area contributed by atoms with Crippen LogP contribution in [0, 0.1) is 0 Å². The lowest BCUT2D eigenvalue weighted by molar-refractivity contribution is -0.116. The standard InChI is InChI=1S/C14H19NO2S2/c16-12-7-5-11(6-8-12)15-14(17)4-2-1-3-13-9-10-18-19-13/h5-8,13,16H,1-4,9-10H2,(H,15,17)/t13-/m1/s1. The van der Waals surface area contributed by atoms with Crippen molar-refractivity contribution in [2.75, 3.05) is 11.1 Å². The highest BCUT2D eigenvalue weighted by Crippen LogP contribution is 2.39. The van der Waals surface area contributed by atoms with Gasteiger partial charge < -0.3 is 10.4 Å².